The summed E-state index contributed by atoms with van der Waals surface area (Å²) in [7, 11) is 1.61. The first-order chi connectivity index (χ1) is 17.5. The van der Waals surface area contributed by atoms with Crippen LogP contribution in [0.15, 0.2) is 53.9 Å². The van der Waals surface area contributed by atoms with Gasteiger partial charge in [-0.3, -0.25) is 0 Å². The maximum Gasteiger partial charge on any atom is 0.213 e. The summed E-state index contributed by atoms with van der Waals surface area (Å²) in [4.78, 5) is 9.10. The summed E-state index contributed by atoms with van der Waals surface area (Å²) in [5, 5.41) is 18.1. The molecule has 0 unspecified atom stereocenters. The smallest absolute Gasteiger partial charge is 0.213 e. The molecule has 9 nitrogen and oxygen atoms in total. The minimum Gasteiger partial charge on any atom is -0.508 e. The molecule has 0 saturated carbocycles. The van der Waals surface area contributed by atoms with E-state index < -0.39 is 0 Å². The Bertz CT molecular complexity index is 1440. The van der Waals surface area contributed by atoms with Crippen LogP contribution in [0.5, 0.6) is 11.6 Å². The number of aromatic nitrogens is 3. The highest BCUT2D eigenvalue weighted by atomic mass is 16.5. The maximum absolute atomic E-state index is 9.86. The summed E-state index contributed by atoms with van der Waals surface area (Å²) in [6, 6.07) is 9.26. The second-order valence-electron chi connectivity index (χ2n) is 8.90. The van der Waals surface area contributed by atoms with Crippen LogP contribution in [0.2, 0.25) is 0 Å². The summed E-state index contributed by atoms with van der Waals surface area (Å²) in [6.07, 6.45) is 7.15. The van der Waals surface area contributed by atoms with Crippen molar-refractivity contribution in [1.82, 2.24) is 14.6 Å². The molecule has 1 aromatic carbocycles. The Morgan fingerprint density at radius 1 is 1.31 bits per heavy atom. The van der Waals surface area contributed by atoms with Crippen molar-refractivity contribution in [2.45, 2.75) is 32.7 Å². The van der Waals surface area contributed by atoms with Gasteiger partial charge in [-0.15, -0.1) is 0 Å². The number of hydrogen-bond acceptors (Lipinski definition) is 7. The van der Waals surface area contributed by atoms with Crippen LogP contribution in [-0.4, -0.2) is 51.9 Å². The molecule has 1 atom stereocenters. The molecule has 0 bridgehead atoms. The zero-order chi connectivity index (χ0) is 25.2. The normalized spacial score (nSPS) is 16.0. The molecule has 36 heavy (non-hydrogen) atoms. The number of pyridine rings is 1. The van der Waals surface area contributed by atoms with E-state index in [1.54, 1.807) is 31.5 Å². The molecule has 4 aromatic rings. The molecule has 1 saturated heterocycles. The lowest BCUT2D eigenvalue weighted by atomic mass is 10.1. The van der Waals surface area contributed by atoms with Crippen molar-refractivity contribution in [3.63, 3.8) is 0 Å². The van der Waals surface area contributed by atoms with Crippen LogP contribution >= 0.6 is 0 Å². The van der Waals surface area contributed by atoms with Crippen LogP contribution in [0.1, 0.15) is 30.0 Å². The SMILES string of the molecule is CCc1cc(O)ccc1N=C(N)c1cnn2cc(-c3cnc(OC)cc3C)cc2c1N[C@H]1CCOC1. The number of rotatable bonds is 7. The van der Waals surface area contributed by atoms with Gasteiger partial charge in [0, 0.05) is 36.2 Å². The van der Waals surface area contributed by atoms with E-state index in [0.29, 0.717) is 30.5 Å². The van der Waals surface area contributed by atoms with Crippen LogP contribution in [0.25, 0.3) is 16.6 Å². The van der Waals surface area contributed by atoms with Gasteiger partial charge in [-0.25, -0.2) is 14.5 Å². The van der Waals surface area contributed by atoms with E-state index in [0.717, 1.165) is 52.0 Å². The fourth-order valence-electron chi connectivity index (χ4n) is 4.50. The summed E-state index contributed by atoms with van der Waals surface area (Å²) in [5.74, 6) is 1.13. The molecular formula is C27H30N6O3. The van der Waals surface area contributed by atoms with E-state index in [4.69, 9.17) is 20.2 Å². The highest BCUT2D eigenvalue weighted by Crippen LogP contribution is 2.32. The molecule has 0 aliphatic carbocycles. The van der Waals surface area contributed by atoms with Gasteiger partial charge in [-0.2, -0.15) is 5.10 Å². The highest BCUT2D eigenvalue weighted by molar-refractivity contribution is 6.06. The quantitative estimate of drug-likeness (QED) is 0.264. The molecular weight excluding hydrogens is 456 g/mol. The molecule has 0 radical (unpaired) electrons. The van der Waals surface area contributed by atoms with Gasteiger partial charge in [0.25, 0.3) is 0 Å². The Hall–Kier alpha value is -4.11. The first kappa shape index (κ1) is 23.6. The number of aromatic hydroxyl groups is 1. The molecule has 0 spiro atoms. The maximum atomic E-state index is 9.86. The van der Waals surface area contributed by atoms with Crippen molar-refractivity contribution in [3.05, 3.63) is 65.6 Å². The van der Waals surface area contributed by atoms with Crippen LogP contribution in [-0.2, 0) is 11.2 Å². The highest BCUT2D eigenvalue weighted by Gasteiger charge is 2.21. The molecule has 1 fully saturated rings. The molecule has 5 rings (SSSR count). The number of aliphatic imine (C=N–C) groups is 1. The minimum absolute atomic E-state index is 0.158. The topological polar surface area (TPSA) is 119 Å². The number of aryl methyl sites for hydroxylation is 2. The van der Waals surface area contributed by atoms with E-state index in [1.807, 2.05) is 36.8 Å². The van der Waals surface area contributed by atoms with E-state index in [1.165, 1.54) is 0 Å². The Labute approximate surface area is 209 Å². The standard InChI is InChI=1S/C27H30N6O3/c1-4-17-10-20(34)5-6-23(17)32-27(28)22-13-30-33-14-18(21-12-29-25(35-3)9-16(21)2)11-24(33)26(22)31-19-7-8-36-15-19/h5-6,9-14,19,31,34H,4,7-8,15H2,1-3H3,(H2,28,32)/t19-/m0/s1. The number of nitrogens with one attached hydrogen (secondary N) is 1. The average molecular weight is 487 g/mol. The van der Waals surface area contributed by atoms with E-state index in [2.05, 4.69) is 21.5 Å². The largest absolute Gasteiger partial charge is 0.508 e. The number of hydrogen-bond donors (Lipinski definition) is 3. The zero-order valence-electron chi connectivity index (χ0n) is 20.7. The molecule has 1 aliphatic heterocycles. The minimum atomic E-state index is 0.158. The van der Waals surface area contributed by atoms with Crippen molar-refractivity contribution >= 4 is 22.7 Å². The third kappa shape index (κ3) is 4.57. The predicted octanol–water partition coefficient (Wildman–Crippen LogP) is 4.22. The molecule has 4 heterocycles. The average Bonchev–Trinajstić information content (AvgIpc) is 3.55. The number of fused-ring (bicyclic) bond motifs is 1. The number of benzene rings is 1. The lowest BCUT2D eigenvalue weighted by Crippen LogP contribution is -2.24. The van der Waals surface area contributed by atoms with Crippen LogP contribution in [0.3, 0.4) is 0 Å². The molecule has 186 valence electrons. The second kappa shape index (κ2) is 9.87. The van der Waals surface area contributed by atoms with Crippen molar-refractivity contribution in [2.75, 3.05) is 25.6 Å². The van der Waals surface area contributed by atoms with Crippen molar-refractivity contribution in [2.24, 2.45) is 10.7 Å². The fraction of sp³-hybridized carbons (Fsp3) is 0.296. The lowest BCUT2D eigenvalue weighted by Gasteiger charge is -2.17. The molecule has 4 N–H and O–H groups in total. The Balaban J connectivity index is 1.62. The number of nitrogens with zero attached hydrogens (tertiary/aromatic N) is 4. The molecule has 9 heteroatoms. The number of phenolic OH excluding ortho intramolecular Hbond substituents is 1. The van der Waals surface area contributed by atoms with Crippen molar-refractivity contribution in [1.29, 1.82) is 0 Å². The van der Waals surface area contributed by atoms with Gasteiger partial charge in [0.1, 0.15) is 11.6 Å². The molecule has 0 amide bonds. The van der Waals surface area contributed by atoms with Gasteiger partial charge in [0.15, 0.2) is 0 Å². The van der Waals surface area contributed by atoms with Crippen molar-refractivity contribution in [3.8, 4) is 22.8 Å². The molecule has 3 aromatic heterocycles. The second-order valence-corrected chi connectivity index (χ2v) is 8.90. The van der Waals surface area contributed by atoms with Crippen LogP contribution in [0.4, 0.5) is 11.4 Å². The summed E-state index contributed by atoms with van der Waals surface area (Å²) >= 11 is 0. The van der Waals surface area contributed by atoms with E-state index in [-0.39, 0.29) is 11.8 Å². The number of amidine groups is 1. The Morgan fingerprint density at radius 3 is 2.89 bits per heavy atom. The first-order valence-electron chi connectivity index (χ1n) is 12.0. The lowest BCUT2D eigenvalue weighted by molar-refractivity contribution is 0.195. The third-order valence-corrected chi connectivity index (χ3v) is 6.48. The predicted molar refractivity (Wildman–Crippen MR) is 140 cm³/mol. The fourth-order valence-corrected chi connectivity index (χ4v) is 4.50. The van der Waals surface area contributed by atoms with Gasteiger partial charge in [0.05, 0.1) is 48.4 Å². The summed E-state index contributed by atoms with van der Waals surface area (Å²) in [6.45, 7) is 5.39. The number of phenols is 1. The number of nitrogens with two attached hydrogens (primary N) is 1. The van der Waals surface area contributed by atoms with Crippen LogP contribution in [0, 0.1) is 6.92 Å². The van der Waals surface area contributed by atoms with Gasteiger partial charge in [-0.1, -0.05) is 6.92 Å². The number of methoxy groups -OCH3 is 1. The van der Waals surface area contributed by atoms with Crippen LogP contribution < -0.4 is 15.8 Å². The Morgan fingerprint density at radius 2 is 2.17 bits per heavy atom. The van der Waals surface area contributed by atoms with Crippen molar-refractivity contribution < 1.29 is 14.6 Å². The molecule has 1 aliphatic rings. The van der Waals surface area contributed by atoms with Gasteiger partial charge in [0.2, 0.25) is 5.88 Å². The zero-order valence-corrected chi connectivity index (χ0v) is 20.7. The third-order valence-electron chi connectivity index (χ3n) is 6.48. The monoisotopic (exact) mass is 486 g/mol. The Kier molecular flexibility index (Phi) is 6.47. The van der Waals surface area contributed by atoms with E-state index >= 15 is 0 Å². The first-order valence-corrected chi connectivity index (χ1v) is 12.0. The number of anilines is 1. The van der Waals surface area contributed by atoms with E-state index in [9.17, 15) is 5.11 Å². The van der Waals surface area contributed by atoms with Gasteiger partial charge >= 0.3 is 0 Å². The van der Waals surface area contributed by atoms with Gasteiger partial charge in [-0.05, 0) is 55.2 Å². The summed E-state index contributed by atoms with van der Waals surface area (Å²) < 4.78 is 12.7. The summed E-state index contributed by atoms with van der Waals surface area (Å²) in [5.41, 5.74) is 13.7. The number of ether oxygens (including phenoxy) is 2. The van der Waals surface area contributed by atoms with Gasteiger partial charge < -0.3 is 25.6 Å².